The van der Waals surface area contributed by atoms with Crippen LogP contribution in [0.25, 0.3) is 0 Å². The maximum atomic E-state index is 11.9. The topological polar surface area (TPSA) is 66.4 Å². The minimum Gasteiger partial charge on any atom is -0.393 e. The molecule has 2 rings (SSSR count). The van der Waals surface area contributed by atoms with Gasteiger partial charge >= 0.3 is 0 Å². The van der Waals surface area contributed by atoms with Gasteiger partial charge in [-0.25, -0.2) is 13.1 Å². The maximum Gasteiger partial charge on any atom is 0.242 e. The Morgan fingerprint density at radius 2 is 2.06 bits per heavy atom. The van der Waals surface area contributed by atoms with Crippen LogP contribution in [0.2, 0.25) is 5.02 Å². The summed E-state index contributed by atoms with van der Waals surface area (Å²) in [5.74, 6) is 0.356. The number of nitrogens with one attached hydrogen (secondary N) is 1. The third-order valence-electron chi connectivity index (χ3n) is 3.02. The first-order valence-corrected chi connectivity index (χ1v) is 7.79. The quantitative estimate of drug-likeness (QED) is 0.839. The Morgan fingerprint density at radius 1 is 1.39 bits per heavy atom. The monoisotopic (exact) mass is 289 g/mol. The van der Waals surface area contributed by atoms with Crippen LogP contribution in [0.1, 0.15) is 19.3 Å². The zero-order valence-electron chi connectivity index (χ0n) is 9.84. The van der Waals surface area contributed by atoms with Gasteiger partial charge in [0, 0.05) is 6.54 Å². The molecule has 0 saturated heterocycles. The Morgan fingerprint density at radius 3 is 2.67 bits per heavy atom. The highest BCUT2D eigenvalue weighted by molar-refractivity contribution is 7.89. The van der Waals surface area contributed by atoms with Crippen molar-refractivity contribution in [1.82, 2.24) is 4.72 Å². The predicted molar refractivity (Wildman–Crippen MR) is 70.0 cm³/mol. The summed E-state index contributed by atoms with van der Waals surface area (Å²) >= 11 is 5.84. The van der Waals surface area contributed by atoms with E-state index in [-0.39, 0.29) is 16.5 Å². The van der Waals surface area contributed by atoms with Crippen LogP contribution in [-0.4, -0.2) is 26.2 Å². The standard InChI is InChI=1S/C12H16ClNO3S/c13-10-3-1-2-4-12(10)18(16,17)14-8-7-11(15)9-5-6-9/h1-4,9,11,14-15H,5-8H2. The molecule has 1 aliphatic rings. The Hall–Kier alpha value is -0.620. The summed E-state index contributed by atoms with van der Waals surface area (Å²) in [6.45, 7) is 0.227. The van der Waals surface area contributed by atoms with E-state index in [1.807, 2.05) is 0 Å². The average molecular weight is 290 g/mol. The number of halogens is 1. The van der Waals surface area contributed by atoms with E-state index >= 15 is 0 Å². The second-order valence-corrected chi connectivity index (χ2v) is 6.66. The van der Waals surface area contributed by atoms with Gasteiger partial charge in [-0.05, 0) is 37.3 Å². The summed E-state index contributed by atoms with van der Waals surface area (Å²) in [6, 6.07) is 6.30. The van der Waals surface area contributed by atoms with E-state index in [2.05, 4.69) is 4.72 Å². The third-order valence-corrected chi connectivity index (χ3v) is 4.99. The normalized spacial score (nSPS) is 17.7. The van der Waals surface area contributed by atoms with Gasteiger partial charge in [0.2, 0.25) is 10.0 Å². The molecule has 0 aromatic heterocycles. The molecular formula is C12H16ClNO3S. The molecule has 0 heterocycles. The molecule has 0 amide bonds. The van der Waals surface area contributed by atoms with Gasteiger partial charge in [0.05, 0.1) is 11.1 Å². The summed E-state index contributed by atoms with van der Waals surface area (Å²) < 4.78 is 26.3. The van der Waals surface area contributed by atoms with Crippen molar-refractivity contribution in [2.45, 2.75) is 30.3 Å². The molecule has 0 aliphatic heterocycles. The lowest BCUT2D eigenvalue weighted by Gasteiger charge is -2.11. The number of sulfonamides is 1. The van der Waals surface area contributed by atoms with Gasteiger partial charge < -0.3 is 5.11 Å². The Bertz CT molecular complexity index is 514. The van der Waals surface area contributed by atoms with Gasteiger partial charge in [-0.3, -0.25) is 0 Å². The van der Waals surface area contributed by atoms with E-state index in [1.54, 1.807) is 12.1 Å². The molecule has 1 aromatic rings. The lowest BCUT2D eigenvalue weighted by atomic mass is 10.2. The second kappa shape index (κ2) is 5.57. The fraction of sp³-hybridized carbons (Fsp3) is 0.500. The van der Waals surface area contributed by atoms with Crippen LogP contribution in [0.15, 0.2) is 29.2 Å². The van der Waals surface area contributed by atoms with Gasteiger partial charge in [-0.2, -0.15) is 0 Å². The largest absolute Gasteiger partial charge is 0.393 e. The molecule has 0 bridgehead atoms. The van der Waals surface area contributed by atoms with Crippen molar-refractivity contribution in [3.63, 3.8) is 0 Å². The number of hydrogen-bond acceptors (Lipinski definition) is 3. The van der Waals surface area contributed by atoms with Gasteiger partial charge in [-0.1, -0.05) is 23.7 Å². The van der Waals surface area contributed by atoms with Crippen LogP contribution in [0.4, 0.5) is 0 Å². The molecule has 100 valence electrons. The van der Waals surface area contributed by atoms with E-state index in [4.69, 9.17) is 11.6 Å². The van der Waals surface area contributed by atoms with Crippen LogP contribution < -0.4 is 4.72 Å². The van der Waals surface area contributed by atoms with Gasteiger partial charge in [0.25, 0.3) is 0 Å². The summed E-state index contributed by atoms with van der Waals surface area (Å²) in [7, 11) is -3.58. The molecule has 6 heteroatoms. The second-order valence-electron chi connectivity index (χ2n) is 4.52. The lowest BCUT2D eigenvalue weighted by molar-refractivity contribution is 0.143. The lowest BCUT2D eigenvalue weighted by Crippen LogP contribution is -2.28. The average Bonchev–Trinajstić information content (AvgIpc) is 3.12. The van der Waals surface area contributed by atoms with E-state index < -0.39 is 16.1 Å². The number of benzene rings is 1. The van der Waals surface area contributed by atoms with Crippen molar-refractivity contribution in [2.24, 2.45) is 5.92 Å². The van der Waals surface area contributed by atoms with Gasteiger partial charge in [-0.15, -0.1) is 0 Å². The van der Waals surface area contributed by atoms with Crippen LogP contribution in [0, 0.1) is 5.92 Å². The van der Waals surface area contributed by atoms with Crippen LogP contribution in [0.3, 0.4) is 0 Å². The number of hydrogen-bond donors (Lipinski definition) is 2. The van der Waals surface area contributed by atoms with Crippen molar-refractivity contribution < 1.29 is 13.5 Å². The highest BCUT2D eigenvalue weighted by atomic mass is 35.5. The third kappa shape index (κ3) is 3.45. The zero-order chi connectivity index (χ0) is 13.2. The molecule has 4 nitrogen and oxygen atoms in total. The molecule has 18 heavy (non-hydrogen) atoms. The van der Waals surface area contributed by atoms with Crippen molar-refractivity contribution in [2.75, 3.05) is 6.54 Å². The molecule has 0 radical (unpaired) electrons. The minimum absolute atomic E-state index is 0.0765. The molecular weight excluding hydrogens is 274 g/mol. The van der Waals surface area contributed by atoms with Gasteiger partial charge in [0.15, 0.2) is 0 Å². The van der Waals surface area contributed by atoms with E-state index in [0.29, 0.717) is 12.3 Å². The van der Waals surface area contributed by atoms with Gasteiger partial charge in [0.1, 0.15) is 4.90 Å². The molecule has 1 aromatic carbocycles. The summed E-state index contributed by atoms with van der Waals surface area (Å²) in [5.41, 5.74) is 0. The Labute approximate surface area is 112 Å². The van der Waals surface area contributed by atoms with E-state index in [9.17, 15) is 13.5 Å². The molecule has 1 unspecified atom stereocenters. The first kappa shape index (κ1) is 13.8. The van der Waals surface area contributed by atoms with Crippen molar-refractivity contribution in [1.29, 1.82) is 0 Å². The minimum atomic E-state index is -3.58. The first-order valence-electron chi connectivity index (χ1n) is 5.93. The molecule has 1 aliphatic carbocycles. The highest BCUT2D eigenvalue weighted by Gasteiger charge is 2.29. The van der Waals surface area contributed by atoms with Crippen molar-refractivity contribution >= 4 is 21.6 Å². The van der Waals surface area contributed by atoms with Crippen LogP contribution >= 0.6 is 11.6 Å². The zero-order valence-corrected chi connectivity index (χ0v) is 11.4. The van der Waals surface area contributed by atoms with Crippen LogP contribution in [-0.2, 0) is 10.0 Å². The van der Waals surface area contributed by atoms with Crippen LogP contribution in [0.5, 0.6) is 0 Å². The molecule has 1 atom stereocenters. The van der Waals surface area contributed by atoms with Crippen molar-refractivity contribution in [3.8, 4) is 0 Å². The molecule has 0 spiro atoms. The fourth-order valence-electron chi connectivity index (χ4n) is 1.80. The molecule has 1 saturated carbocycles. The number of aliphatic hydroxyl groups excluding tert-OH is 1. The molecule has 1 fully saturated rings. The first-order chi connectivity index (χ1) is 8.50. The summed E-state index contributed by atoms with van der Waals surface area (Å²) in [6.07, 6.45) is 2.12. The number of rotatable bonds is 6. The highest BCUT2D eigenvalue weighted by Crippen LogP contribution is 2.33. The smallest absolute Gasteiger partial charge is 0.242 e. The van der Waals surface area contributed by atoms with E-state index in [1.165, 1.54) is 12.1 Å². The van der Waals surface area contributed by atoms with E-state index in [0.717, 1.165) is 12.8 Å². The summed E-state index contributed by atoms with van der Waals surface area (Å²) in [4.78, 5) is 0.0765. The number of aliphatic hydroxyl groups is 1. The predicted octanol–water partition coefficient (Wildman–Crippen LogP) is 1.78. The summed E-state index contributed by atoms with van der Waals surface area (Å²) in [5, 5.41) is 9.85. The molecule has 2 N–H and O–H groups in total. The SMILES string of the molecule is O=S(=O)(NCCC(O)C1CC1)c1ccccc1Cl. The Kier molecular flexibility index (Phi) is 4.27. The fourth-order valence-corrected chi connectivity index (χ4v) is 3.36. The maximum absolute atomic E-state index is 11.9. The Balaban J connectivity index is 1.93. The van der Waals surface area contributed by atoms with Crippen molar-refractivity contribution in [3.05, 3.63) is 29.3 Å².